The molecule has 2 rings (SSSR count). The summed E-state index contributed by atoms with van der Waals surface area (Å²) in [5.74, 6) is 0. The van der Waals surface area contributed by atoms with Gasteiger partial charge >= 0.3 is 0 Å². The average molecular weight is 374 g/mol. The fourth-order valence-corrected chi connectivity index (χ4v) is 3.89. The highest BCUT2D eigenvalue weighted by Gasteiger charge is 2.42. The van der Waals surface area contributed by atoms with E-state index in [-0.39, 0.29) is 10.8 Å². The molecule has 0 saturated heterocycles. The van der Waals surface area contributed by atoms with Crippen LogP contribution >= 0.6 is 15.9 Å². The molecule has 1 fully saturated rings. The second kappa shape index (κ2) is 6.49. The Kier molecular flexibility index (Phi) is 5.29. The molecule has 5 heteroatoms. The molecule has 0 aromatic heterocycles. The number of rotatable bonds is 3. The molecule has 21 heavy (non-hydrogen) atoms. The van der Waals surface area contributed by atoms with Crippen LogP contribution in [0.2, 0.25) is 0 Å². The molecule has 0 heterocycles. The summed E-state index contributed by atoms with van der Waals surface area (Å²) in [6.07, 6.45) is 3.59. The monoisotopic (exact) mass is 373 g/mol. The summed E-state index contributed by atoms with van der Waals surface area (Å²) in [6.45, 7) is 5.83. The van der Waals surface area contributed by atoms with E-state index in [1.54, 1.807) is 0 Å². The quantitative estimate of drug-likeness (QED) is 0.849. The van der Waals surface area contributed by atoms with Gasteiger partial charge in [0.1, 0.15) is 5.60 Å². The third-order valence-electron chi connectivity index (χ3n) is 4.03. The molecule has 3 atom stereocenters. The second-order valence-corrected chi connectivity index (χ2v) is 9.64. The van der Waals surface area contributed by atoms with Crippen molar-refractivity contribution in [2.45, 2.75) is 62.8 Å². The van der Waals surface area contributed by atoms with Gasteiger partial charge in [0.05, 0.1) is 21.8 Å². The highest BCUT2D eigenvalue weighted by Crippen LogP contribution is 2.38. The van der Waals surface area contributed by atoms with Crippen molar-refractivity contribution in [3.63, 3.8) is 0 Å². The Labute approximate surface area is 138 Å². The summed E-state index contributed by atoms with van der Waals surface area (Å²) in [6, 6.07) is 7.61. The largest absolute Gasteiger partial charge is 0.383 e. The summed E-state index contributed by atoms with van der Waals surface area (Å²) in [5.41, 5.74) is -0.0475. The number of hydrogen-bond donors (Lipinski definition) is 2. The van der Waals surface area contributed by atoms with Gasteiger partial charge in [-0.1, -0.05) is 40.9 Å². The number of hydrogen-bond acceptors (Lipinski definition) is 2. The molecule has 2 N–H and O–H groups in total. The minimum Gasteiger partial charge on any atom is -0.383 e. The fraction of sp³-hybridized carbons (Fsp3) is 0.625. The highest BCUT2D eigenvalue weighted by atomic mass is 79.9. The Bertz CT molecular complexity index is 512. The van der Waals surface area contributed by atoms with Crippen LogP contribution in [0.1, 0.15) is 52.0 Å². The van der Waals surface area contributed by atoms with Gasteiger partial charge < -0.3 is 5.11 Å². The third-order valence-corrected chi connectivity index (χ3v) is 6.17. The van der Waals surface area contributed by atoms with E-state index in [4.69, 9.17) is 0 Å². The zero-order valence-electron chi connectivity index (χ0n) is 12.9. The van der Waals surface area contributed by atoms with E-state index in [9.17, 15) is 9.32 Å². The van der Waals surface area contributed by atoms with E-state index in [0.717, 1.165) is 29.3 Å². The lowest BCUT2D eigenvalue weighted by atomic mass is 9.76. The van der Waals surface area contributed by atoms with Gasteiger partial charge in [0.25, 0.3) is 0 Å². The molecule has 0 unspecified atom stereocenters. The van der Waals surface area contributed by atoms with Crippen molar-refractivity contribution in [1.82, 2.24) is 4.72 Å². The molecule has 1 aliphatic rings. The van der Waals surface area contributed by atoms with Crippen LogP contribution in [0.25, 0.3) is 0 Å². The van der Waals surface area contributed by atoms with Crippen LogP contribution in [-0.2, 0) is 16.6 Å². The van der Waals surface area contributed by atoms with E-state index < -0.39 is 16.6 Å². The van der Waals surface area contributed by atoms with Crippen molar-refractivity contribution < 1.29 is 9.32 Å². The van der Waals surface area contributed by atoms with E-state index in [1.807, 2.05) is 45.0 Å². The minimum atomic E-state index is -1.18. The van der Waals surface area contributed by atoms with Crippen molar-refractivity contribution in [2.24, 2.45) is 0 Å². The van der Waals surface area contributed by atoms with Gasteiger partial charge in [0, 0.05) is 4.47 Å². The molecule has 0 amide bonds. The first-order chi connectivity index (χ1) is 9.73. The van der Waals surface area contributed by atoms with Crippen molar-refractivity contribution in [2.75, 3.05) is 0 Å². The van der Waals surface area contributed by atoms with Gasteiger partial charge in [-0.3, -0.25) is 0 Å². The molecule has 1 aromatic carbocycles. The predicted molar refractivity (Wildman–Crippen MR) is 91.3 cm³/mol. The Morgan fingerprint density at radius 1 is 1.29 bits per heavy atom. The van der Waals surface area contributed by atoms with E-state index in [2.05, 4.69) is 20.7 Å². The summed E-state index contributed by atoms with van der Waals surface area (Å²) in [4.78, 5) is 0. The predicted octanol–water partition coefficient (Wildman–Crippen LogP) is 3.63. The highest BCUT2D eigenvalue weighted by molar-refractivity contribution is 9.10. The SMILES string of the molecule is CC(C)(C)[S@@](=O)N[C@H]1CCCC[C@@]1(O)c1ccc(Br)cc1. The first-order valence-corrected chi connectivity index (χ1v) is 9.34. The van der Waals surface area contributed by atoms with Crippen LogP contribution in [0.3, 0.4) is 0 Å². The molecule has 1 aromatic rings. The smallest absolute Gasteiger partial charge is 0.106 e. The zero-order chi connectivity index (χ0) is 15.7. The molecule has 1 saturated carbocycles. The topological polar surface area (TPSA) is 49.3 Å². The zero-order valence-corrected chi connectivity index (χ0v) is 15.3. The summed E-state index contributed by atoms with van der Waals surface area (Å²) >= 11 is 3.42. The molecule has 0 aliphatic heterocycles. The summed E-state index contributed by atoms with van der Waals surface area (Å²) in [7, 11) is -1.18. The Balaban J connectivity index is 2.25. The molecular formula is C16H24BrNO2S. The van der Waals surface area contributed by atoms with Gasteiger partial charge in [0.2, 0.25) is 0 Å². The van der Waals surface area contributed by atoms with Crippen LogP contribution in [0, 0.1) is 0 Å². The lowest BCUT2D eigenvalue weighted by molar-refractivity contribution is -0.0246. The lowest BCUT2D eigenvalue weighted by Gasteiger charge is -2.41. The van der Waals surface area contributed by atoms with Crippen LogP contribution < -0.4 is 4.72 Å². The number of benzene rings is 1. The average Bonchev–Trinajstić information content (AvgIpc) is 2.41. The Morgan fingerprint density at radius 2 is 1.90 bits per heavy atom. The summed E-state index contributed by atoms with van der Waals surface area (Å²) in [5, 5.41) is 11.2. The van der Waals surface area contributed by atoms with Crippen LogP contribution in [0.4, 0.5) is 0 Å². The molecule has 0 bridgehead atoms. The number of aliphatic hydroxyl groups is 1. The van der Waals surface area contributed by atoms with E-state index >= 15 is 0 Å². The maximum Gasteiger partial charge on any atom is 0.106 e. The van der Waals surface area contributed by atoms with Crippen LogP contribution in [0.5, 0.6) is 0 Å². The Morgan fingerprint density at radius 3 is 2.48 bits per heavy atom. The van der Waals surface area contributed by atoms with Gasteiger partial charge in [-0.25, -0.2) is 8.93 Å². The van der Waals surface area contributed by atoms with Crippen molar-refractivity contribution in [3.05, 3.63) is 34.3 Å². The van der Waals surface area contributed by atoms with Gasteiger partial charge in [-0.05, 0) is 51.3 Å². The first kappa shape index (κ1) is 17.1. The van der Waals surface area contributed by atoms with E-state index in [0.29, 0.717) is 6.42 Å². The summed E-state index contributed by atoms with van der Waals surface area (Å²) < 4.78 is 16.2. The lowest BCUT2D eigenvalue weighted by Crippen LogP contribution is -2.53. The van der Waals surface area contributed by atoms with Crippen molar-refractivity contribution in [3.8, 4) is 0 Å². The van der Waals surface area contributed by atoms with Gasteiger partial charge in [0.15, 0.2) is 0 Å². The first-order valence-electron chi connectivity index (χ1n) is 7.40. The standard InChI is InChI=1S/C16H24BrNO2S/c1-15(2,3)21(20)18-14-6-4-5-11-16(14,19)12-7-9-13(17)10-8-12/h7-10,14,18-19H,4-6,11H2,1-3H3/t14-,16+,21+/m0/s1. The molecule has 0 spiro atoms. The van der Waals surface area contributed by atoms with Gasteiger partial charge in [-0.15, -0.1) is 0 Å². The molecule has 3 nitrogen and oxygen atoms in total. The van der Waals surface area contributed by atoms with E-state index in [1.165, 1.54) is 0 Å². The maximum atomic E-state index is 12.4. The molecular weight excluding hydrogens is 350 g/mol. The molecule has 0 radical (unpaired) electrons. The van der Waals surface area contributed by atoms with Crippen LogP contribution in [-0.4, -0.2) is 20.1 Å². The number of nitrogens with one attached hydrogen (secondary N) is 1. The molecule has 1 aliphatic carbocycles. The van der Waals surface area contributed by atoms with Crippen molar-refractivity contribution >= 4 is 26.9 Å². The maximum absolute atomic E-state index is 12.4. The third kappa shape index (κ3) is 3.95. The van der Waals surface area contributed by atoms with Gasteiger partial charge in [-0.2, -0.15) is 0 Å². The second-order valence-electron chi connectivity index (χ2n) is 6.73. The molecule has 118 valence electrons. The Hall–Kier alpha value is -0.230. The van der Waals surface area contributed by atoms with Crippen molar-refractivity contribution in [1.29, 1.82) is 0 Å². The number of halogens is 1. The minimum absolute atomic E-state index is 0.174. The van der Waals surface area contributed by atoms with Crippen LogP contribution in [0.15, 0.2) is 28.7 Å². The normalized spacial score (nSPS) is 28.3. The fourth-order valence-electron chi connectivity index (χ4n) is 2.70.